The van der Waals surface area contributed by atoms with E-state index in [4.69, 9.17) is 28.9 Å². The van der Waals surface area contributed by atoms with E-state index < -0.39 is 0 Å². The number of halogens is 3. The molecule has 0 aromatic carbocycles. The van der Waals surface area contributed by atoms with Crippen LogP contribution in [-0.4, -0.2) is 4.98 Å². The Balaban J connectivity index is 0.000000810. The Kier molecular flexibility index (Phi) is 4.56. The van der Waals surface area contributed by atoms with Crippen molar-refractivity contribution in [2.45, 2.75) is 6.54 Å². The summed E-state index contributed by atoms with van der Waals surface area (Å²) in [7, 11) is 0. The molecule has 0 fully saturated rings. The average molecular weight is 220 g/mol. The van der Waals surface area contributed by atoms with Gasteiger partial charge in [0, 0.05) is 6.54 Å². The first-order valence-corrected chi connectivity index (χ1v) is 3.82. The SMILES string of the molecule is Cl.NCc1sc(Cl)nc1Cl. The van der Waals surface area contributed by atoms with Gasteiger partial charge in [-0.2, -0.15) is 0 Å². The summed E-state index contributed by atoms with van der Waals surface area (Å²) in [5, 5.41) is 0.424. The van der Waals surface area contributed by atoms with E-state index >= 15 is 0 Å². The summed E-state index contributed by atoms with van der Waals surface area (Å²) >= 11 is 12.4. The fraction of sp³-hybridized carbons (Fsp3) is 0.250. The Hall–Kier alpha value is 0.460. The van der Waals surface area contributed by atoms with Crippen molar-refractivity contribution in [1.82, 2.24) is 4.98 Å². The first-order chi connectivity index (χ1) is 4.24. The molecule has 1 aromatic rings. The van der Waals surface area contributed by atoms with Crippen LogP contribution in [0.25, 0.3) is 0 Å². The van der Waals surface area contributed by atoms with Crippen LogP contribution in [0.4, 0.5) is 0 Å². The van der Waals surface area contributed by atoms with Crippen LogP contribution >= 0.6 is 46.9 Å². The number of hydrogen-bond acceptors (Lipinski definition) is 3. The van der Waals surface area contributed by atoms with Gasteiger partial charge in [-0.05, 0) is 0 Å². The predicted octanol–water partition coefficient (Wildman–Crippen LogP) is 2.33. The first kappa shape index (κ1) is 10.5. The molecule has 0 aliphatic heterocycles. The lowest BCUT2D eigenvalue weighted by atomic mass is 10.6. The summed E-state index contributed by atoms with van der Waals surface area (Å²) in [6.07, 6.45) is 0. The summed E-state index contributed by atoms with van der Waals surface area (Å²) in [6, 6.07) is 0. The van der Waals surface area contributed by atoms with Gasteiger partial charge >= 0.3 is 0 Å². The lowest BCUT2D eigenvalue weighted by Gasteiger charge is -1.83. The highest BCUT2D eigenvalue weighted by molar-refractivity contribution is 7.16. The molecule has 6 heteroatoms. The minimum absolute atomic E-state index is 0. The van der Waals surface area contributed by atoms with Crippen LogP contribution in [0.3, 0.4) is 0 Å². The van der Waals surface area contributed by atoms with Crippen molar-refractivity contribution in [3.63, 3.8) is 0 Å². The van der Waals surface area contributed by atoms with Crippen LogP contribution in [0.2, 0.25) is 9.62 Å². The third-order valence-corrected chi connectivity index (χ3v) is 2.42. The van der Waals surface area contributed by atoms with Crippen LogP contribution in [0.1, 0.15) is 4.88 Å². The van der Waals surface area contributed by atoms with Crippen molar-refractivity contribution in [1.29, 1.82) is 0 Å². The van der Waals surface area contributed by atoms with Crippen molar-refractivity contribution in [2.24, 2.45) is 5.73 Å². The van der Waals surface area contributed by atoms with Crippen molar-refractivity contribution in [3.05, 3.63) is 14.5 Å². The molecule has 1 heterocycles. The molecule has 0 saturated carbocycles. The minimum Gasteiger partial charge on any atom is -0.326 e. The fourth-order valence-electron chi connectivity index (χ4n) is 0.432. The van der Waals surface area contributed by atoms with Crippen LogP contribution in [0, 0.1) is 0 Å². The third-order valence-electron chi connectivity index (χ3n) is 0.809. The molecule has 0 unspecified atom stereocenters. The normalized spacial score (nSPS) is 9.10. The Morgan fingerprint density at radius 2 is 2.10 bits per heavy atom. The Bertz CT molecular complexity index is 212. The standard InChI is InChI=1S/C4H4Cl2N2S.ClH/c5-3-2(1-7)9-4(6)8-3;/h1,7H2;1H. The van der Waals surface area contributed by atoms with Crippen LogP contribution in [0.5, 0.6) is 0 Å². The van der Waals surface area contributed by atoms with Crippen molar-refractivity contribution >= 4 is 46.9 Å². The van der Waals surface area contributed by atoms with Crippen molar-refractivity contribution < 1.29 is 0 Å². The lowest BCUT2D eigenvalue weighted by molar-refractivity contribution is 1.10. The summed E-state index contributed by atoms with van der Waals surface area (Å²) in [4.78, 5) is 4.59. The summed E-state index contributed by atoms with van der Waals surface area (Å²) in [5.74, 6) is 0. The molecule has 0 atom stereocenters. The third kappa shape index (κ3) is 2.25. The molecule has 0 bridgehead atoms. The van der Waals surface area contributed by atoms with Gasteiger partial charge in [-0.25, -0.2) is 4.98 Å². The molecule has 0 aliphatic carbocycles. The van der Waals surface area contributed by atoms with E-state index in [-0.39, 0.29) is 12.4 Å². The van der Waals surface area contributed by atoms with Gasteiger partial charge in [0.2, 0.25) is 0 Å². The molecule has 10 heavy (non-hydrogen) atoms. The largest absolute Gasteiger partial charge is 0.326 e. The highest BCUT2D eigenvalue weighted by Gasteiger charge is 2.03. The van der Waals surface area contributed by atoms with Crippen LogP contribution in [-0.2, 0) is 6.54 Å². The molecule has 0 aliphatic rings. The Morgan fingerprint density at radius 1 is 1.50 bits per heavy atom. The first-order valence-electron chi connectivity index (χ1n) is 2.25. The number of nitrogens with zero attached hydrogens (tertiary/aromatic N) is 1. The minimum atomic E-state index is 0. The second kappa shape index (κ2) is 4.36. The molecular formula is C4H5Cl3N2S. The van der Waals surface area contributed by atoms with Gasteiger partial charge in [-0.3, -0.25) is 0 Å². The van der Waals surface area contributed by atoms with Crippen molar-refractivity contribution in [2.75, 3.05) is 0 Å². The topological polar surface area (TPSA) is 38.9 Å². The van der Waals surface area contributed by atoms with Gasteiger partial charge < -0.3 is 5.73 Å². The zero-order valence-electron chi connectivity index (χ0n) is 4.80. The van der Waals surface area contributed by atoms with Crippen molar-refractivity contribution in [3.8, 4) is 0 Å². The highest BCUT2D eigenvalue weighted by Crippen LogP contribution is 2.25. The number of nitrogens with two attached hydrogens (primary N) is 1. The zero-order chi connectivity index (χ0) is 6.85. The van der Waals surface area contributed by atoms with Gasteiger partial charge in [0.05, 0.1) is 4.88 Å². The van der Waals surface area contributed by atoms with Gasteiger partial charge in [0.25, 0.3) is 0 Å². The fourth-order valence-corrected chi connectivity index (χ4v) is 1.72. The van der Waals surface area contributed by atoms with E-state index in [0.717, 1.165) is 4.88 Å². The molecule has 1 aromatic heterocycles. The predicted molar refractivity (Wildman–Crippen MR) is 47.3 cm³/mol. The molecule has 1 rings (SSSR count). The maximum absolute atomic E-state index is 5.58. The van der Waals surface area contributed by atoms with E-state index in [2.05, 4.69) is 4.98 Å². The summed E-state index contributed by atoms with van der Waals surface area (Å²) < 4.78 is 0.445. The van der Waals surface area contributed by atoms with Gasteiger partial charge in [-0.15, -0.1) is 23.7 Å². The monoisotopic (exact) mass is 218 g/mol. The van der Waals surface area contributed by atoms with E-state index in [9.17, 15) is 0 Å². The Morgan fingerprint density at radius 3 is 2.30 bits per heavy atom. The summed E-state index contributed by atoms with van der Waals surface area (Å²) in [6.45, 7) is 0.406. The smallest absolute Gasteiger partial charge is 0.185 e. The zero-order valence-corrected chi connectivity index (χ0v) is 7.95. The molecule has 0 saturated heterocycles. The van der Waals surface area contributed by atoms with E-state index in [0.29, 0.717) is 16.2 Å². The van der Waals surface area contributed by atoms with E-state index in [1.165, 1.54) is 11.3 Å². The maximum Gasteiger partial charge on any atom is 0.185 e. The van der Waals surface area contributed by atoms with E-state index in [1.807, 2.05) is 0 Å². The molecule has 0 amide bonds. The number of rotatable bonds is 1. The maximum atomic E-state index is 5.58. The van der Waals surface area contributed by atoms with Crippen LogP contribution < -0.4 is 5.73 Å². The molecule has 58 valence electrons. The second-order valence-electron chi connectivity index (χ2n) is 1.38. The average Bonchev–Trinajstić information content (AvgIpc) is 2.10. The van der Waals surface area contributed by atoms with Gasteiger partial charge in [-0.1, -0.05) is 23.2 Å². The van der Waals surface area contributed by atoms with Gasteiger partial charge in [0.1, 0.15) is 5.15 Å². The molecule has 0 radical (unpaired) electrons. The highest BCUT2D eigenvalue weighted by atomic mass is 35.5. The molecular weight excluding hydrogens is 214 g/mol. The van der Waals surface area contributed by atoms with E-state index in [1.54, 1.807) is 0 Å². The van der Waals surface area contributed by atoms with Gasteiger partial charge in [0.15, 0.2) is 4.47 Å². The summed E-state index contributed by atoms with van der Waals surface area (Å²) in [5.41, 5.74) is 5.29. The molecule has 2 N–H and O–H groups in total. The number of thiazole rings is 1. The number of hydrogen-bond donors (Lipinski definition) is 1. The van der Waals surface area contributed by atoms with Crippen LogP contribution in [0.15, 0.2) is 0 Å². The number of aromatic nitrogens is 1. The quantitative estimate of drug-likeness (QED) is 0.787. The molecule has 0 spiro atoms. The second-order valence-corrected chi connectivity index (χ2v) is 3.41. The lowest BCUT2D eigenvalue weighted by Crippen LogP contribution is -1.92. The molecule has 2 nitrogen and oxygen atoms in total. The Labute approximate surface area is 78.8 Å².